The highest BCUT2D eigenvalue weighted by Crippen LogP contribution is 2.25. The van der Waals surface area contributed by atoms with Gasteiger partial charge in [0.25, 0.3) is 0 Å². The van der Waals surface area contributed by atoms with Crippen LogP contribution in [0.15, 0.2) is 0 Å². The molecule has 2 fully saturated rings. The van der Waals surface area contributed by atoms with Gasteiger partial charge in [-0.15, -0.1) is 0 Å². The number of carbonyl (C=O) groups excluding carboxylic acids is 1. The van der Waals surface area contributed by atoms with Crippen LogP contribution in [-0.2, 0) is 19.7 Å². The Morgan fingerprint density at radius 2 is 1.87 bits per heavy atom. The topological polar surface area (TPSA) is 101 Å². The number of urea groups is 1. The Morgan fingerprint density at radius 3 is 2.30 bits per heavy atom. The second-order valence-corrected chi connectivity index (χ2v) is 11.8. The van der Waals surface area contributed by atoms with Gasteiger partial charge in [0, 0.05) is 12.6 Å². The van der Waals surface area contributed by atoms with E-state index < -0.39 is 25.2 Å². The van der Waals surface area contributed by atoms with Gasteiger partial charge in [0.2, 0.25) is 0 Å². The van der Waals surface area contributed by atoms with Crippen LogP contribution < -0.4 is 5.32 Å². The van der Waals surface area contributed by atoms with E-state index in [1.54, 1.807) is 11.8 Å². The van der Waals surface area contributed by atoms with Gasteiger partial charge < -0.3 is 10.2 Å². The summed E-state index contributed by atoms with van der Waals surface area (Å²) in [5.74, 6) is 0.299. The Kier molecular flexibility index (Phi) is 5.02. The van der Waals surface area contributed by atoms with E-state index in [0.717, 1.165) is 0 Å². The Morgan fingerprint density at radius 1 is 1.22 bits per heavy atom. The smallest absolute Gasteiger partial charge is 0.318 e. The normalized spacial score (nSPS) is 32.1. The number of amides is 2. The van der Waals surface area contributed by atoms with Crippen molar-refractivity contribution in [2.24, 2.45) is 5.92 Å². The van der Waals surface area contributed by atoms with E-state index in [4.69, 9.17) is 0 Å². The molecule has 0 aromatic heterocycles. The van der Waals surface area contributed by atoms with Crippen LogP contribution in [0.4, 0.5) is 4.79 Å². The zero-order valence-corrected chi connectivity index (χ0v) is 15.5. The fraction of sp³-hybridized carbons (Fsp3) is 0.929. The van der Waals surface area contributed by atoms with Gasteiger partial charge in [-0.2, -0.15) is 0 Å². The molecule has 0 radical (unpaired) electrons. The van der Waals surface area contributed by atoms with Crippen molar-refractivity contribution in [1.29, 1.82) is 0 Å². The van der Waals surface area contributed by atoms with E-state index in [2.05, 4.69) is 5.32 Å². The summed E-state index contributed by atoms with van der Waals surface area (Å²) < 4.78 is 46.8. The second kappa shape index (κ2) is 6.23. The lowest BCUT2D eigenvalue weighted by molar-refractivity contribution is 0.162. The van der Waals surface area contributed by atoms with Crippen molar-refractivity contribution in [2.45, 2.75) is 45.2 Å². The molecule has 2 aliphatic heterocycles. The number of hydrogen-bond acceptors (Lipinski definition) is 5. The van der Waals surface area contributed by atoms with Crippen LogP contribution in [0.5, 0.6) is 0 Å². The number of rotatable bonds is 4. The Balaban J connectivity index is 2.11. The first-order chi connectivity index (χ1) is 10.4. The van der Waals surface area contributed by atoms with Crippen LogP contribution in [0, 0.1) is 5.92 Å². The molecule has 0 bridgehead atoms. The van der Waals surface area contributed by atoms with Crippen molar-refractivity contribution < 1.29 is 21.6 Å². The fourth-order valence-electron chi connectivity index (χ4n) is 3.25. The molecule has 0 spiro atoms. The Labute approximate surface area is 138 Å². The molecule has 9 heteroatoms. The maximum absolute atomic E-state index is 12.7. The van der Waals surface area contributed by atoms with Gasteiger partial charge in [-0.3, -0.25) is 0 Å². The molecule has 2 atom stereocenters. The minimum Gasteiger partial charge on any atom is -0.332 e. The number of hydrogen-bond donors (Lipinski definition) is 1. The Bertz CT molecular complexity index is 671. The van der Waals surface area contributed by atoms with Crippen molar-refractivity contribution >= 4 is 25.7 Å². The van der Waals surface area contributed by atoms with Gasteiger partial charge in [0.05, 0.1) is 28.6 Å². The molecule has 2 saturated heterocycles. The summed E-state index contributed by atoms with van der Waals surface area (Å²) >= 11 is 0. The lowest BCUT2D eigenvalue weighted by Crippen LogP contribution is -2.55. The summed E-state index contributed by atoms with van der Waals surface area (Å²) in [5, 5.41) is 2.83. The molecular weight excluding hydrogens is 340 g/mol. The number of sulfone groups is 2. The molecular formula is C14H26N2O5S2. The molecule has 2 unspecified atom stereocenters. The van der Waals surface area contributed by atoms with Crippen LogP contribution in [0.1, 0.15) is 33.6 Å². The van der Waals surface area contributed by atoms with Gasteiger partial charge in [-0.05, 0) is 25.7 Å². The summed E-state index contributed by atoms with van der Waals surface area (Å²) in [6.07, 6.45) is 0.830. The molecule has 0 aromatic rings. The summed E-state index contributed by atoms with van der Waals surface area (Å²) in [6, 6.07) is -0.690. The number of carbonyl (C=O) groups is 1. The minimum absolute atomic E-state index is 0.0118. The molecule has 0 aliphatic carbocycles. The lowest BCUT2D eigenvalue weighted by atomic mass is 10.0. The van der Waals surface area contributed by atoms with E-state index in [-0.39, 0.29) is 41.0 Å². The third-order valence-corrected chi connectivity index (χ3v) is 8.04. The van der Waals surface area contributed by atoms with Gasteiger partial charge in [-0.25, -0.2) is 21.6 Å². The quantitative estimate of drug-likeness (QED) is 0.777. The van der Waals surface area contributed by atoms with Gasteiger partial charge in [-0.1, -0.05) is 13.8 Å². The molecule has 7 nitrogen and oxygen atoms in total. The van der Waals surface area contributed by atoms with Crippen molar-refractivity contribution in [3.63, 3.8) is 0 Å². The number of nitrogens with zero attached hydrogens (tertiary/aromatic N) is 1. The molecule has 134 valence electrons. The summed E-state index contributed by atoms with van der Waals surface area (Å²) in [6.45, 7) is 6.11. The SMILES string of the molecule is CC(C)CN(C(=O)NC1(C)CCS(=O)(=O)C1)C1CCS(=O)(=O)C1. The summed E-state index contributed by atoms with van der Waals surface area (Å²) in [5.41, 5.74) is -0.775. The van der Waals surface area contributed by atoms with Crippen molar-refractivity contribution in [2.75, 3.05) is 29.6 Å². The largest absolute Gasteiger partial charge is 0.332 e. The molecule has 2 amide bonds. The highest BCUT2D eigenvalue weighted by molar-refractivity contribution is 7.92. The monoisotopic (exact) mass is 366 g/mol. The second-order valence-electron chi connectivity index (χ2n) is 7.44. The number of nitrogens with one attached hydrogen (secondary N) is 1. The zero-order chi connectivity index (χ0) is 17.5. The highest BCUT2D eigenvalue weighted by Gasteiger charge is 2.42. The van der Waals surface area contributed by atoms with Crippen molar-refractivity contribution in [3.8, 4) is 0 Å². The van der Waals surface area contributed by atoms with Crippen molar-refractivity contribution in [1.82, 2.24) is 10.2 Å². The average molecular weight is 367 g/mol. The van der Waals surface area contributed by atoms with Crippen LogP contribution in [0.3, 0.4) is 0 Å². The zero-order valence-electron chi connectivity index (χ0n) is 13.9. The van der Waals surface area contributed by atoms with Gasteiger partial charge in [0.1, 0.15) is 0 Å². The first kappa shape index (κ1) is 18.5. The van der Waals surface area contributed by atoms with E-state index >= 15 is 0 Å². The first-order valence-corrected chi connectivity index (χ1v) is 11.6. The van der Waals surface area contributed by atoms with E-state index in [1.165, 1.54) is 0 Å². The lowest BCUT2D eigenvalue weighted by Gasteiger charge is -2.34. The van der Waals surface area contributed by atoms with E-state index in [0.29, 0.717) is 19.4 Å². The van der Waals surface area contributed by atoms with Gasteiger partial charge in [0.15, 0.2) is 19.7 Å². The molecule has 2 aliphatic rings. The van der Waals surface area contributed by atoms with Crippen LogP contribution in [0.2, 0.25) is 0 Å². The predicted molar refractivity (Wildman–Crippen MR) is 88.8 cm³/mol. The molecule has 2 heterocycles. The third kappa shape index (κ3) is 4.82. The van der Waals surface area contributed by atoms with E-state index in [1.807, 2.05) is 13.8 Å². The standard InChI is InChI=1S/C14H26N2O5S2/c1-11(2)8-16(12-4-6-22(18,19)9-12)13(17)15-14(3)5-7-23(20,21)10-14/h11-12H,4-10H2,1-3H3,(H,15,17). The van der Waals surface area contributed by atoms with Gasteiger partial charge >= 0.3 is 6.03 Å². The Hall–Kier alpha value is -0.830. The minimum atomic E-state index is -3.12. The maximum atomic E-state index is 12.7. The molecule has 2 rings (SSSR count). The first-order valence-electron chi connectivity index (χ1n) is 7.91. The fourth-order valence-corrected chi connectivity index (χ4v) is 7.08. The van der Waals surface area contributed by atoms with Crippen LogP contribution in [0.25, 0.3) is 0 Å². The predicted octanol–water partition coefficient (Wildman–Crippen LogP) is 0.418. The molecule has 1 N–H and O–H groups in total. The van der Waals surface area contributed by atoms with Crippen molar-refractivity contribution in [3.05, 3.63) is 0 Å². The maximum Gasteiger partial charge on any atom is 0.318 e. The molecule has 0 saturated carbocycles. The van der Waals surface area contributed by atoms with Crippen LogP contribution in [-0.4, -0.2) is 68.9 Å². The van der Waals surface area contributed by atoms with E-state index in [9.17, 15) is 21.6 Å². The van der Waals surface area contributed by atoms with Crippen LogP contribution >= 0.6 is 0 Å². The third-order valence-electron chi connectivity index (χ3n) is 4.38. The molecule has 23 heavy (non-hydrogen) atoms. The molecule has 0 aromatic carbocycles. The highest BCUT2D eigenvalue weighted by atomic mass is 32.2. The summed E-state index contributed by atoms with van der Waals surface area (Å²) in [4.78, 5) is 14.2. The summed E-state index contributed by atoms with van der Waals surface area (Å²) in [7, 11) is -6.20. The average Bonchev–Trinajstić information content (AvgIpc) is 2.85.